The second-order valence-corrected chi connectivity index (χ2v) is 5.75. The summed E-state index contributed by atoms with van der Waals surface area (Å²) in [6.45, 7) is 2.79. The van der Waals surface area contributed by atoms with Crippen molar-refractivity contribution in [3.63, 3.8) is 0 Å². The van der Waals surface area contributed by atoms with Crippen molar-refractivity contribution in [3.05, 3.63) is 59.4 Å². The topological polar surface area (TPSA) is 97.6 Å². The molecule has 1 aliphatic rings. The Balaban J connectivity index is 1.81. The summed E-state index contributed by atoms with van der Waals surface area (Å²) in [6.07, 6.45) is 3.46. The van der Waals surface area contributed by atoms with Crippen molar-refractivity contribution in [2.45, 2.75) is 19.5 Å². The fraction of sp³-hybridized carbons (Fsp3) is 0.278. The molecule has 0 fully saturated rings. The zero-order valence-electron chi connectivity index (χ0n) is 13.9. The number of hydrogen-bond acceptors (Lipinski definition) is 4. The lowest BCUT2D eigenvalue weighted by Gasteiger charge is -2.24. The lowest BCUT2D eigenvalue weighted by atomic mass is 9.99. The number of anilines is 1. The van der Waals surface area contributed by atoms with Crippen LogP contribution in [0.5, 0.6) is 0 Å². The molecule has 0 saturated heterocycles. The third-order valence-electron chi connectivity index (χ3n) is 4.12. The van der Waals surface area contributed by atoms with Crippen molar-refractivity contribution < 1.29 is 14.3 Å². The number of nitrogens with zero attached hydrogens (tertiary/aromatic N) is 2. The van der Waals surface area contributed by atoms with Crippen LogP contribution in [0.2, 0.25) is 0 Å². The Morgan fingerprint density at radius 1 is 1.32 bits per heavy atom. The molecule has 1 aliphatic heterocycles. The van der Waals surface area contributed by atoms with Crippen LogP contribution >= 0.6 is 0 Å². The molecule has 3 amide bonds. The van der Waals surface area contributed by atoms with Gasteiger partial charge in [0.05, 0.1) is 12.6 Å². The van der Waals surface area contributed by atoms with Gasteiger partial charge in [-0.3, -0.25) is 9.78 Å². The number of carbonyl (C=O) groups is 2. The zero-order chi connectivity index (χ0) is 17.8. The van der Waals surface area contributed by atoms with E-state index in [2.05, 4.69) is 10.3 Å². The second kappa shape index (κ2) is 7.31. The van der Waals surface area contributed by atoms with E-state index in [-0.39, 0.29) is 18.6 Å². The highest BCUT2D eigenvalue weighted by atomic mass is 16.5. The third kappa shape index (κ3) is 3.61. The van der Waals surface area contributed by atoms with Gasteiger partial charge in [0.25, 0.3) is 0 Å². The molecule has 1 aromatic heterocycles. The largest absolute Gasteiger partial charge is 0.372 e. The lowest BCUT2D eigenvalue weighted by molar-refractivity contribution is -0.120. The zero-order valence-corrected chi connectivity index (χ0v) is 13.9. The van der Waals surface area contributed by atoms with E-state index < -0.39 is 6.03 Å². The summed E-state index contributed by atoms with van der Waals surface area (Å²) in [5.74, 6) is -0.203. The smallest absolute Gasteiger partial charge is 0.315 e. The molecule has 0 radical (unpaired) electrons. The summed E-state index contributed by atoms with van der Waals surface area (Å²) >= 11 is 0. The van der Waals surface area contributed by atoms with Crippen LogP contribution in [-0.2, 0) is 16.1 Å². The summed E-state index contributed by atoms with van der Waals surface area (Å²) in [4.78, 5) is 29.2. The van der Waals surface area contributed by atoms with Gasteiger partial charge in [-0.05, 0) is 41.8 Å². The van der Waals surface area contributed by atoms with Crippen LogP contribution in [0.3, 0.4) is 0 Å². The molecule has 3 N–H and O–H groups in total. The monoisotopic (exact) mass is 340 g/mol. The first-order chi connectivity index (χ1) is 12.1. The number of amides is 3. The number of benzene rings is 1. The van der Waals surface area contributed by atoms with Crippen molar-refractivity contribution in [3.8, 4) is 0 Å². The number of ether oxygens (including phenoxy) is 1. The fourth-order valence-electron chi connectivity index (χ4n) is 2.98. The van der Waals surface area contributed by atoms with E-state index in [0.717, 1.165) is 16.7 Å². The Morgan fingerprint density at radius 2 is 2.08 bits per heavy atom. The molecule has 0 spiro atoms. The third-order valence-corrected chi connectivity index (χ3v) is 4.12. The predicted octanol–water partition coefficient (Wildman–Crippen LogP) is 2.04. The average Bonchev–Trinajstić information content (AvgIpc) is 3.00. The normalized spacial score (nSPS) is 15.7. The van der Waals surface area contributed by atoms with Crippen LogP contribution in [0, 0.1) is 0 Å². The van der Waals surface area contributed by atoms with Crippen molar-refractivity contribution in [1.29, 1.82) is 0 Å². The first-order valence-electron chi connectivity index (χ1n) is 8.06. The number of hydrogen-bond donors (Lipinski definition) is 2. The molecule has 1 unspecified atom stereocenters. The first-order valence-corrected chi connectivity index (χ1v) is 8.06. The fourth-order valence-corrected chi connectivity index (χ4v) is 2.98. The molecule has 130 valence electrons. The van der Waals surface area contributed by atoms with Gasteiger partial charge >= 0.3 is 6.03 Å². The number of aromatic nitrogens is 1. The number of pyridine rings is 1. The summed E-state index contributed by atoms with van der Waals surface area (Å²) in [7, 11) is 0. The molecule has 0 saturated carbocycles. The molecule has 0 bridgehead atoms. The second-order valence-electron chi connectivity index (χ2n) is 5.75. The Bertz CT molecular complexity index is 776. The van der Waals surface area contributed by atoms with Crippen molar-refractivity contribution in [2.24, 2.45) is 5.73 Å². The molecule has 2 aromatic rings. The number of rotatable bonds is 5. The molecule has 25 heavy (non-hydrogen) atoms. The minimum Gasteiger partial charge on any atom is -0.372 e. The van der Waals surface area contributed by atoms with Gasteiger partial charge in [-0.15, -0.1) is 0 Å². The summed E-state index contributed by atoms with van der Waals surface area (Å²) in [5.41, 5.74) is 9.14. The highest BCUT2D eigenvalue weighted by Gasteiger charge is 2.33. The molecule has 3 rings (SSSR count). The van der Waals surface area contributed by atoms with Crippen molar-refractivity contribution >= 4 is 17.6 Å². The van der Waals surface area contributed by atoms with Gasteiger partial charge in [0.2, 0.25) is 5.91 Å². The van der Waals surface area contributed by atoms with Crippen LogP contribution in [0.25, 0.3) is 0 Å². The highest BCUT2D eigenvalue weighted by Crippen LogP contribution is 2.38. The van der Waals surface area contributed by atoms with Crippen LogP contribution in [0.15, 0.2) is 42.7 Å². The maximum absolute atomic E-state index is 11.8. The Hall–Kier alpha value is -2.93. The Labute approximate surface area is 145 Å². The predicted molar refractivity (Wildman–Crippen MR) is 92.8 cm³/mol. The highest BCUT2D eigenvalue weighted by molar-refractivity contribution is 5.91. The van der Waals surface area contributed by atoms with Crippen LogP contribution in [0.1, 0.15) is 29.7 Å². The molecular weight excluding hydrogens is 320 g/mol. The standard InChI is InChI=1S/C18H20N4O3/c1-2-25-11-16(23)21-14-5-3-12(4-6-14)17-15-7-8-20-9-13(15)10-22(17)18(19)24/h3-9,17H,2,10-11H2,1H3,(H2,19,24)(H,21,23). The van der Waals surface area contributed by atoms with E-state index in [4.69, 9.17) is 10.5 Å². The Morgan fingerprint density at radius 3 is 2.76 bits per heavy atom. The lowest BCUT2D eigenvalue weighted by Crippen LogP contribution is -2.34. The van der Waals surface area contributed by atoms with Gasteiger partial charge in [0.15, 0.2) is 0 Å². The number of nitrogens with one attached hydrogen (secondary N) is 1. The molecule has 7 heteroatoms. The number of primary amides is 1. The van der Waals surface area contributed by atoms with E-state index in [1.807, 2.05) is 25.1 Å². The number of fused-ring (bicyclic) bond motifs is 1. The van der Waals surface area contributed by atoms with Gasteiger partial charge in [-0.2, -0.15) is 0 Å². The SMILES string of the molecule is CCOCC(=O)Nc1ccc(C2c3ccncc3CN2C(N)=O)cc1. The van der Waals surface area contributed by atoms with Crippen LogP contribution in [-0.4, -0.2) is 35.0 Å². The molecule has 7 nitrogen and oxygen atoms in total. The molecule has 1 aromatic carbocycles. The molecule has 1 atom stereocenters. The minimum atomic E-state index is -0.477. The summed E-state index contributed by atoms with van der Waals surface area (Å²) in [5, 5.41) is 2.77. The maximum Gasteiger partial charge on any atom is 0.315 e. The van der Waals surface area contributed by atoms with Crippen LogP contribution in [0.4, 0.5) is 10.5 Å². The summed E-state index contributed by atoms with van der Waals surface area (Å²) in [6, 6.07) is 8.55. The van der Waals surface area contributed by atoms with Crippen LogP contribution < -0.4 is 11.1 Å². The average molecular weight is 340 g/mol. The molecule has 0 aliphatic carbocycles. The van der Waals surface area contributed by atoms with E-state index in [9.17, 15) is 9.59 Å². The maximum atomic E-state index is 11.8. The van der Waals surface area contributed by atoms with Gasteiger partial charge < -0.3 is 20.7 Å². The summed E-state index contributed by atoms with van der Waals surface area (Å²) < 4.78 is 5.08. The quantitative estimate of drug-likeness (QED) is 0.870. The van der Waals surface area contributed by atoms with E-state index in [0.29, 0.717) is 18.8 Å². The number of nitrogens with two attached hydrogens (primary N) is 1. The van der Waals surface area contributed by atoms with Crippen molar-refractivity contribution in [2.75, 3.05) is 18.5 Å². The number of carbonyl (C=O) groups excluding carboxylic acids is 2. The van der Waals surface area contributed by atoms with E-state index in [1.165, 1.54) is 0 Å². The van der Waals surface area contributed by atoms with Gasteiger partial charge in [-0.25, -0.2) is 4.79 Å². The van der Waals surface area contributed by atoms with Gasteiger partial charge in [0, 0.05) is 24.7 Å². The van der Waals surface area contributed by atoms with Gasteiger partial charge in [-0.1, -0.05) is 12.1 Å². The first kappa shape index (κ1) is 16.9. The van der Waals surface area contributed by atoms with E-state index in [1.54, 1.807) is 29.4 Å². The molecular formula is C18H20N4O3. The molecule has 2 heterocycles. The van der Waals surface area contributed by atoms with E-state index >= 15 is 0 Å². The minimum absolute atomic E-state index is 0.0245. The number of urea groups is 1. The van der Waals surface area contributed by atoms with Gasteiger partial charge in [0.1, 0.15) is 6.61 Å². The van der Waals surface area contributed by atoms with Crippen molar-refractivity contribution in [1.82, 2.24) is 9.88 Å². The Kier molecular flexibility index (Phi) is 4.95.